The molecule has 2 amide bonds. The van der Waals surface area contributed by atoms with Crippen molar-refractivity contribution in [2.24, 2.45) is 0 Å². The van der Waals surface area contributed by atoms with Crippen LogP contribution >= 0.6 is 0 Å². The minimum atomic E-state index is -0.587. The summed E-state index contributed by atoms with van der Waals surface area (Å²) in [6.07, 6.45) is 0. The zero-order valence-corrected chi connectivity index (χ0v) is 11.6. The zero-order chi connectivity index (χ0) is 15.0. The Balaban J connectivity index is 2.66. The van der Waals surface area contributed by atoms with E-state index in [1.807, 2.05) is 6.92 Å². The van der Waals surface area contributed by atoms with Crippen molar-refractivity contribution in [1.82, 2.24) is 10.6 Å². The number of nitrogens with one attached hydrogen (secondary N) is 2. The molecular weight excluding hydrogens is 256 g/mol. The number of hydrogen-bond donors (Lipinski definition) is 3. The van der Waals surface area contributed by atoms with E-state index in [0.29, 0.717) is 17.7 Å². The molecule has 0 radical (unpaired) electrons. The highest BCUT2D eigenvalue weighted by molar-refractivity contribution is 5.97. The van der Waals surface area contributed by atoms with E-state index in [1.165, 1.54) is 0 Å². The molecule has 5 nitrogen and oxygen atoms in total. The van der Waals surface area contributed by atoms with Gasteiger partial charge in [0.05, 0.1) is 0 Å². The number of benzene rings is 1. The fraction of sp³-hybridized carbons (Fsp3) is 0.333. The van der Waals surface area contributed by atoms with Crippen molar-refractivity contribution in [3.05, 3.63) is 35.4 Å². The predicted molar refractivity (Wildman–Crippen MR) is 76.0 cm³/mol. The van der Waals surface area contributed by atoms with Crippen LogP contribution in [-0.2, 0) is 4.79 Å². The first-order valence-electron chi connectivity index (χ1n) is 6.36. The molecule has 5 heteroatoms. The number of aliphatic hydroxyl groups excluding tert-OH is 1. The van der Waals surface area contributed by atoms with Crippen LogP contribution in [0.1, 0.15) is 29.8 Å². The Bertz CT molecular complexity index is 526. The van der Waals surface area contributed by atoms with Gasteiger partial charge in [-0.1, -0.05) is 11.8 Å². The first kappa shape index (κ1) is 15.7. The van der Waals surface area contributed by atoms with Crippen molar-refractivity contribution >= 4 is 11.8 Å². The molecule has 0 aliphatic carbocycles. The molecule has 1 aromatic carbocycles. The Morgan fingerprint density at radius 1 is 1.30 bits per heavy atom. The van der Waals surface area contributed by atoms with Crippen LogP contribution in [0.5, 0.6) is 0 Å². The number of rotatable bonds is 4. The fourth-order valence-corrected chi connectivity index (χ4v) is 1.52. The van der Waals surface area contributed by atoms with Crippen LogP contribution in [0.2, 0.25) is 0 Å². The lowest BCUT2D eigenvalue weighted by Crippen LogP contribution is -2.44. The Kier molecular flexibility index (Phi) is 6.27. The number of carbonyl (C=O) groups excluding carboxylic acids is 2. The van der Waals surface area contributed by atoms with Crippen molar-refractivity contribution in [1.29, 1.82) is 0 Å². The third kappa shape index (κ3) is 4.75. The van der Waals surface area contributed by atoms with Gasteiger partial charge in [-0.15, -0.1) is 0 Å². The number of hydrogen-bond acceptors (Lipinski definition) is 3. The molecule has 0 bridgehead atoms. The van der Waals surface area contributed by atoms with Crippen LogP contribution in [0, 0.1) is 11.8 Å². The van der Waals surface area contributed by atoms with Gasteiger partial charge in [-0.3, -0.25) is 9.59 Å². The lowest BCUT2D eigenvalue weighted by Gasteiger charge is -2.13. The molecule has 1 atom stereocenters. The molecule has 0 heterocycles. The highest BCUT2D eigenvalue weighted by Crippen LogP contribution is 2.03. The number of aliphatic hydroxyl groups is 1. The minimum Gasteiger partial charge on any atom is -0.384 e. The Labute approximate surface area is 118 Å². The summed E-state index contributed by atoms with van der Waals surface area (Å²) in [5.41, 5.74) is 1.17. The van der Waals surface area contributed by atoms with E-state index >= 15 is 0 Å². The average Bonchev–Trinajstić information content (AvgIpc) is 2.45. The molecule has 0 fully saturated rings. The van der Waals surface area contributed by atoms with E-state index in [-0.39, 0.29) is 18.4 Å². The second kappa shape index (κ2) is 7.97. The Morgan fingerprint density at radius 3 is 2.50 bits per heavy atom. The quantitative estimate of drug-likeness (QED) is 0.690. The van der Waals surface area contributed by atoms with Gasteiger partial charge < -0.3 is 15.7 Å². The second-order valence-corrected chi connectivity index (χ2v) is 4.13. The lowest BCUT2D eigenvalue weighted by molar-refractivity contribution is -0.122. The van der Waals surface area contributed by atoms with Gasteiger partial charge in [-0.05, 0) is 38.1 Å². The SMILES string of the molecule is CCNC(=O)C(C)NC(=O)c1ccc(C#CCO)cc1. The zero-order valence-electron chi connectivity index (χ0n) is 11.6. The van der Waals surface area contributed by atoms with E-state index in [1.54, 1.807) is 31.2 Å². The third-order valence-corrected chi connectivity index (χ3v) is 2.55. The molecule has 1 rings (SSSR count). The van der Waals surface area contributed by atoms with E-state index in [2.05, 4.69) is 22.5 Å². The summed E-state index contributed by atoms with van der Waals surface area (Å²) >= 11 is 0. The van der Waals surface area contributed by atoms with Gasteiger partial charge in [0.1, 0.15) is 12.6 Å². The third-order valence-electron chi connectivity index (χ3n) is 2.55. The fourth-order valence-electron chi connectivity index (χ4n) is 1.52. The lowest BCUT2D eigenvalue weighted by atomic mass is 10.1. The maximum atomic E-state index is 11.9. The van der Waals surface area contributed by atoms with Crippen LogP contribution < -0.4 is 10.6 Å². The maximum absolute atomic E-state index is 11.9. The normalized spacial score (nSPS) is 10.9. The van der Waals surface area contributed by atoms with Crippen molar-refractivity contribution in [2.75, 3.05) is 13.2 Å². The molecule has 0 saturated carbocycles. The predicted octanol–water partition coefficient (Wildman–Crippen LogP) is 0.285. The molecule has 1 unspecified atom stereocenters. The summed E-state index contributed by atoms with van der Waals surface area (Å²) in [5, 5.41) is 13.8. The van der Waals surface area contributed by atoms with Crippen molar-refractivity contribution in [2.45, 2.75) is 19.9 Å². The van der Waals surface area contributed by atoms with Crippen LogP contribution in [-0.4, -0.2) is 36.1 Å². The minimum absolute atomic E-state index is 0.202. The van der Waals surface area contributed by atoms with Gasteiger partial charge in [-0.2, -0.15) is 0 Å². The van der Waals surface area contributed by atoms with Gasteiger partial charge in [-0.25, -0.2) is 0 Å². The molecule has 0 aliphatic heterocycles. The number of amides is 2. The Morgan fingerprint density at radius 2 is 1.95 bits per heavy atom. The van der Waals surface area contributed by atoms with Crippen LogP contribution in [0.4, 0.5) is 0 Å². The van der Waals surface area contributed by atoms with E-state index in [9.17, 15) is 9.59 Å². The molecule has 1 aromatic rings. The molecule has 3 N–H and O–H groups in total. The van der Waals surface area contributed by atoms with Gasteiger partial charge in [0.15, 0.2) is 0 Å². The largest absolute Gasteiger partial charge is 0.384 e. The summed E-state index contributed by atoms with van der Waals surface area (Å²) < 4.78 is 0. The first-order chi connectivity index (χ1) is 9.58. The highest BCUT2D eigenvalue weighted by atomic mass is 16.2. The number of likely N-dealkylation sites (N-methyl/N-ethyl adjacent to an activating group) is 1. The van der Waals surface area contributed by atoms with Gasteiger partial charge in [0, 0.05) is 17.7 Å². The first-order valence-corrected chi connectivity index (χ1v) is 6.36. The summed E-state index contributed by atoms with van der Waals surface area (Å²) in [6.45, 7) is 3.77. The topological polar surface area (TPSA) is 78.4 Å². The Hall–Kier alpha value is -2.32. The standard InChI is InChI=1S/C15H18N2O3/c1-3-16-14(19)11(2)17-15(20)13-8-6-12(7-9-13)5-4-10-18/h6-9,11,18H,3,10H2,1-2H3,(H,16,19)(H,17,20). The van der Waals surface area contributed by atoms with Crippen LogP contribution in [0.15, 0.2) is 24.3 Å². The highest BCUT2D eigenvalue weighted by Gasteiger charge is 2.15. The molecule has 0 aromatic heterocycles. The van der Waals surface area contributed by atoms with E-state index in [0.717, 1.165) is 0 Å². The molecule has 0 aliphatic rings. The molecule has 106 valence electrons. The van der Waals surface area contributed by atoms with E-state index in [4.69, 9.17) is 5.11 Å². The average molecular weight is 274 g/mol. The van der Waals surface area contributed by atoms with Gasteiger partial charge in [0.25, 0.3) is 5.91 Å². The summed E-state index contributed by atoms with van der Waals surface area (Å²) in [5.74, 6) is 4.74. The monoisotopic (exact) mass is 274 g/mol. The molecular formula is C15H18N2O3. The van der Waals surface area contributed by atoms with Gasteiger partial charge >= 0.3 is 0 Å². The second-order valence-electron chi connectivity index (χ2n) is 4.13. The van der Waals surface area contributed by atoms with Crippen molar-refractivity contribution in [3.8, 4) is 11.8 Å². The van der Waals surface area contributed by atoms with Gasteiger partial charge in [0.2, 0.25) is 5.91 Å². The van der Waals surface area contributed by atoms with Crippen molar-refractivity contribution < 1.29 is 14.7 Å². The van der Waals surface area contributed by atoms with E-state index < -0.39 is 6.04 Å². The molecule has 0 saturated heterocycles. The van der Waals surface area contributed by atoms with Crippen LogP contribution in [0.3, 0.4) is 0 Å². The molecule has 20 heavy (non-hydrogen) atoms. The summed E-state index contributed by atoms with van der Waals surface area (Å²) in [7, 11) is 0. The summed E-state index contributed by atoms with van der Waals surface area (Å²) in [4.78, 5) is 23.4. The van der Waals surface area contributed by atoms with Crippen LogP contribution in [0.25, 0.3) is 0 Å². The molecule has 0 spiro atoms. The van der Waals surface area contributed by atoms with Crippen molar-refractivity contribution in [3.63, 3.8) is 0 Å². The summed E-state index contributed by atoms with van der Waals surface area (Å²) in [6, 6.07) is 6.04. The maximum Gasteiger partial charge on any atom is 0.251 e. The smallest absolute Gasteiger partial charge is 0.251 e. The number of carbonyl (C=O) groups is 2.